The minimum Gasteiger partial charge on any atom is -0.384 e. The van der Waals surface area contributed by atoms with Crippen LogP contribution in [0.4, 0.5) is 5.82 Å². The number of rotatable bonds is 9. The molecule has 0 spiro atoms. The highest BCUT2D eigenvalue weighted by Crippen LogP contribution is 2.17. The van der Waals surface area contributed by atoms with E-state index in [0.29, 0.717) is 10.8 Å². The van der Waals surface area contributed by atoms with Crippen LogP contribution in [0, 0.1) is 5.92 Å². The molecule has 0 aliphatic rings. The number of hydrogen-bond acceptors (Lipinski definition) is 5. The molecule has 156 valence electrons. The van der Waals surface area contributed by atoms with Crippen LogP contribution in [0.2, 0.25) is 5.02 Å². The van der Waals surface area contributed by atoms with E-state index >= 15 is 0 Å². The fourth-order valence-corrected chi connectivity index (χ4v) is 2.94. The number of hydrogen-bond donors (Lipinski definition) is 4. The Labute approximate surface area is 176 Å². The van der Waals surface area contributed by atoms with Gasteiger partial charge in [-0.05, 0) is 29.2 Å². The van der Waals surface area contributed by atoms with E-state index in [4.69, 9.17) is 23.1 Å². The number of nitrogens with zero attached hydrogens (tertiary/aromatic N) is 1. The normalized spacial score (nSPS) is 13.9. The number of benzene rings is 1. The van der Waals surface area contributed by atoms with Crippen molar-refractivity contribution in [2.24, 2.45) is 11.7 Å². The van der Waals surface area contributed by atoms with Gasteiger partial charge in [-0.2, -0.15) is 0 Å². The van der Waals surface area contributed by atoms with Crippen molar-refractivity contribution >= 4 is 29.2 Å². The van der Waals surface area contributed by atoms with Gasteiger partial charge in [0.2, 0.25) is 11.8 Å². The van der Waals surface area contributed by atoms with Gasteiger partial charge in [-0.15, -0.1) is 0 Å². The average Bonchev–Trinajstić information content (AvgIpc) is 2.72. The van der Waals surface area contributed by atoms with E-state index in [1.54, 1.807) is 24.4 Å². The lowest BCUT2D eigenvalue weighted by Gasteiger charge is -2.23. The highest BCUT2D eigenvalue weighted by molar-refractivity contribution is 6.31. The summed E-state index contributed by atoms with van der Waals surface area (Å²) in [4.78, 5) is 29.4. The first-order valence-electron chi connectivity index (χ1n) is 9.59. The van der Waals surface area contributed by atoms with Gasteiger partial charge in [0.1, 0.15) is 11.9 Å². The van der Waals surface area contributed by atoms with E-state index in [9.17, 15) is 9.59 Å². The number of anilines is 1. The topological polar surface area (TPSA) is 123 Å². The van der Waals surface area contributed by atoms with Gasteiger partial charge >= 0.3 is 0 Å². The van der Waals surface area contributed by atoms with Crippen molar-refractivity contribution in [1.82, 2.24) is 15.6 Å². The number of halogens is 1. The number of nitrogens with two attached hydrogens (primary N) is 2. The van der Waals surface area contributed by atoms with Crippen LogP contribution < -0.4 is 22.1 Å². The molecule has 0 saturated carbocycles. The zero-order valence-corrected chi connectivity index (χ0v) is 17.4. The van der Waals surface area contributed by atoms with Crippen molar-refractivity contribution in [1.29, 1.82) is 0 Å². The Hall–Kier alpha value is -2.64. The molecular formula is C21H28ClN5O2. The van der Waals surface area contributed by atoms with Crippen molar-refractivity contribution in [2.75, 3.05) is 5.73 Å². The molecule has 1 heterocycles. The molecule has 6 N–H and O–H groups in total. The third-order valence-electron chi connectivity index (χ3n) is 4.89. The van der Waals surface area contributed by atoms with Gasteiger partial charge in [0.25, 0.3) is 0 Å². The molecule has 2 amide bonds. The number of nitrogens with one attached hydrogen (secondary N) is 2. The monoisotopic (exact) mass is 417 g/mol. The van der Waals surface area contributed by atoms with E-state index in [1.807, 2.05) is 32.0 Å². The Bertz CT molecular complexity index is 828. The molecule has 0 saturated heterocycles. The van der Waals surface area contributed by atoms with Crippen LogP contribution in [-0.2, 0) is 22.6 Å². The number of carbonyl (C=O) groups excluding carboxylic acids is 2. The standard InChI is InChI=1S/C21H28ClN5O2/c1-3-13(2)19(24)21(29)27-17(10-15-6-4-5-7-16(15)22)20(28)26-12-14-8-9-18(23)25-11-14/h4-9,11,13,17,19H,3,10,12,24H2,1-2H3,(H2,23,25)(H,26,28)(H,27,29)/t13?,17-,19+/m0/s1. The van der Waals surface area contributed by atoms with Gasteiger partial charge in [-0.25, -0.2) is 4.98 Å². The minimum absolute atomic E-state index is 0.000115. The molecule has 3 atom stereocenters. The fourth-order valence-electron chi connectivity index (χ4n) is 2.73. The molecule has 1 unspecified atom stereocenters. The molecule has 0 fully saturated rings. The molecule has 0 radical (unpaired) electrons. The summed E-state index contributed by atoms with van der Waals surface area (Å²) in [5, 5.41) is 6.15. The molecule has 1 aromatic carbocycles. The Kier molecular flexibility index (Phi) is 8.42. The van der Waals surface area contributed by atoms with Gasteiger partial charge < -0.3 is 22.1 Å². The number of pyridine rings is 1. The van der Waals surface area contributed by atoms with Crippen molar-refractivity contribution in [3.8, 4) is 0 Å². The van der Waals surface area contributed by atoms with E-state index in [2.05, 4.69) is 15.6 Å². The maximum atomic E-state index is 12.8. The number of amides is 2. The smallest absolute Gasteiger partial charge is 0.243 e. The van der Waals surface area contributed by atoms with E-state index < -0.39 is 12.1 Å². The second-order valence-corrected chi connectivity index (χ2v) is 7.48. The largest absolute Gasteiger partial charge is 0.384 e. The molecule has 2 aromatic rings. The molecule has 0 bridgehead atoms. The third kappa shape index (κ3) is 6.73. The molecule has 1 aromatic heterocycles. The van der Waals surface area contributed by atoms with Gasteiger partial charge in [0, 0.05) is 24.2 Å². The summed E-state index contributed by atoms with van der Waals surface area (Å²) in [6.07, 6.45) is 2.61. The fraction of sp³-hybridized carbons (Fsp3) is 0.381. The SMILES string of the molecule is CCC(C)[C@@H](N)C(=O)N[C@@H](Cc1ccccc1Cl)C(=O)NCc1ccc(N)nc1. The van der Waals surface area contributed by atoms with Crippen molar-refractivity contribution in [3.63, 3.8) is 0 Å². The zero-order valence-electron chi connectivity index (χ0n) is 16.7. The first kappa shape index (κ1) is 22.6. The summed E-state index contributed by atoms with van der Waals surface area (Å²) in [6.45, 7) is 4.13. The molecular weight excluding hydrogens is 390 g/mol. The summed E-state index contributed by atoms with van der Waals surface area (Å²) < 4.78 is 0. The first-order valence-corrected chi connectivity index (χ1v) is 9.97. The lowest BCUT2D eigenvalue weighted by Crippen LogP contribution is -2.53. The van der Waals surface area contributed by atoms with Crippen LogP contribution >= 0.6 is 11.6 Å². The highest BCUT2D eigenvalue weighted by Gasteiger charge is 2.26. The Morgan fingerprint density at radius 2 is 1.90 bits per heavy atom. The molecule has 0 aliphatic heterocycles. The summed E-state index contributed by atoms with van der Waals surface area (Å²) in [6, 6.07) is 9.17. The van der Waals surface area contributed by atoms with Crippen LogP contribution in [0.1, 0.15) is 31.4 Å². The second kappa shape index (κ2) is 10.8. The highest BCUT2D eigenvalue weighted by atomic mass is 35.5. The average molecular weight is 418 g/mol. The lowest BCUT2D eigenvalue weighted by atomic mass is 9.98. The van der Waals surface area contributed by atoms with Crippen LogP contribution in [-0.4, -0.2) is 28.9 Å². The summed E-state index contributed by atoms with van der Waals surface area (Å²) in [7, 11) is 0. The number of aromatic nitrogens is 1. The molecule has 8 heteroatoms. The zero-order chi connectivity index (χ0) is 21.4. The van der Waals surface area contributed by atoms with Crippen molar-refractivity contribution in [2.45, 2.75) is 45.3 Å². The molecule has 0 aliphatic carbocycles. The van der Waals surface area contributed by atoms with Gasteiger partial charge in [0.15, 0.2) is 0 Å². The molecule has 29 heavy (non-hydrogen) atoms. The second-order valence-electron chi connectivity index (χ2n) is 7.08. The maximum Gasteiger partial charge on any atom is 0.243 e. The van der Waals surface area contributed by atoms with Crippen LogP contribution in [0.25, 0.3) is 0 Å². The van der Waals surface area contributed by atoms with E-state index in [1.165, 1.54) is 0 Å². The first-order chi connectivity index (χ1) is 13.8. The predicted octanol–water partition coefficient (Wildman–Crippen LogP) is 2.03. The Balaban J connectivity index is 2.11. The lowest BCUT2D eigenvalue weighted by molar-refractivity contribution is -0.130. The summed E-state index contributed by atoms with van der Waals surface area (Å²) >= 11 is 6.24. The quantitative estimate of drug-likeness (QED) is 0.497. The number of nitrogen functional groups attached to an aromatic ring is 1. The van der Waals surface area contributed by atoms with Gasteiger partial charge in [0.05, 0.1) is 6.04 Å². The maximum absolute atomic E-state index is 12.8. The van der Waals surface area contributed by atoms with E-state index in [0.717, 1.165) is 17.5 Å². The Morgan fingerprint density at radius 1 is 1.17 bits per heavy atom. The predicted molar refractivity (Wildman–Crippen MR) is 115 cm³/mol. The summed E-state index contributed by atoms with van der Waals surface area (Å²) in [5.74, 6) is -0.282. The van der Waals surface area contributed by atoms with Gasteiger partial charge in [-0.3, -0.25) is 9.59 Å². The van der Waals surface area contributed by atoms with Crippen LogP contribution in [0.15, 0.2) is 42.6 Å². The van der Waals surface area contributed by atoms with Crippen LogP contribution in [0.5, 0.6) is 0 Å². The molecule has 7 nitrogen and oxygen atoms in total. The number of carbonyl (C=O) groups is 2. The molecule has 2 rings (SSSR count). The van der Waals surface area contributed by atoms with Gasteiger partial charge in [-0.1, -0.05) is 56.1 Å². The van der Waals surface area contributed by atoms with Crippen LogP contribution in [0.3, 0.4) is 0 Å². The van der Waals surface area contributed by atoms with Crippen molar-refractivity contribution < 1.29 is 9.59 Å². The minimum atomic E-state index is -0.806. The van der Waals surface area contributed by atoms with Crippen molar-refractivity contribution in [3.05, 3.63) is 58.7 Å². The third-order valence-corrected chi connectivity index (χ3v) is 5.26. The Morgan fingerprint density at radius 3 is 2.52 bits per heavy atom. The van der Waals surface area contributed by atoms with E-state index in [-0.39, 0.29) is 30.7 Å². The summed E-state index contributed by atoms with van der Waals surface area (Å²) in [5.41, 5.74) is 13.2.